The highest BCUT2D eigenvalue weighted by Crippen LogP contribution is 2.38. The van der Waals surface area contributed by atoms with Crippen LogP contribution in [-0.4, -0.2) is 55.5 Å². The molecule has 3 rings (SSSR count). The third kappa shape index (κ3) is 4.74. The predicted molar refractivity (Wildman–Crippen MR) is 97.7 cm³/mol. The van der Waals surface area contributed by atoms with Crippen molar-refractivity contribution < 1.29 is 45.8 Å². The summed E-state index contributed by atoms with van der Waals surface area (Å²) in [6.45, 7) is 0.459. The van der Waals surface area contributed by atoms with Crippen LogP contribution < -0.4 is 11.4 Å². The Labute approximate surface area is 181 Å². The molecule has 33 heavy (non-hydrogen) atoms. The van der Waals surface area contributed by atoms with Crippen molar-refractivity contribution in [3.05, 3.63) is 16.7 Å². The molecule has 1 aliphatic heterocycles. The van der Waals surface area contributed by atoms with Crippen molar-refractivity contribution >= 4 is 29.1 Å². The summed E-state index contributed by atoms with van der Waals surface area (Å²) in [7, 11) is 0. The molecule has 182 valence electrons. The topological polar surface area (TPSA) is 141 Å². The Bertz CT molecular complexity index is 1130. The summed E-state index contributed by atoms with van der Waals surface area (Å²) in [6, 6.07) is 0. The van der Waals surface area contributed by atoms with Gasteiger partial charge >= 0.3 is 29.7 Å². The Morgan fingerprint density at radius 1 is 1.27 bits per heavy atom. The minimum Gasteiger partial charge on any atom is -0.457 e. The number of carbonyl (C=O) groups is 2. The Hall–Kier alpha value is -3.30. The smallest absolute Gasteiger partial charge is 0.455 e. The van der Waals surface area contributed by atoms with Crippen molar-refractivity contribution in [3.8, 4) is 0 Å². The molecule has 0 aliphatic carbocycles. The van der Waals surface area contributed by atoms with Crippen molar-refractivity contribution in [1.29, 1.82) is 0 Å². The van der Waals surface area contributed by atoms with Gasteiger partial charge in [-0.15, -0.1) is 0 Å². The van der Waals surface area contributed by atoms with Gasteiger partial charge in [-0.25, -0.2) is 14.3 Å². The van der Waals surface area contributed by atoms with Crippen molar-refractivity contribution in [2.75, 3.05) is 5.73 Å². The summed E-state index contributed by atoms with van der Waals surface area (Å²) < 4.78 is 82.2. The van der Waals surface area contributed by atoms with Gasteiger partial charge in [0.05, 0.1) is 12.6 Å². The molecule has 0 spiro atoms. The summed E-state index contributed by atoms with van der Waals surface area (Å²) >= 11 is 0. The van der Waals surface area contributed by atoms with Crippen molar-refractivity contribution in [2.45, 2.75) is 64.0 Å². The van der Waals surface area contributed by atoms with Gasteiger partial charge in [-0.1, -0.05) is 6.92 Å². The molecular formula is C17H18F5N5O6. The summed E-state index contributed by atoms with van der Waals surface area (Å²) in [5.74, 6) is -7.20. The summed E-state index contributed by atoms with van der Waals surface area (Å²) in [6.07, 6.45) is -9.56. The van der Waals surface area contributed by atoms with Crippen molar-refractivity contribution in [2.24, 2.45) is 0 Å². The molecule has 1 saturated heterocycles. The number of rotatable bonds is 6. The summed E-state index contributed by atoms with van der Waals surface area (Å²) in [5.41, 5.74) is 3.16. The highest BCUT2D eigenvalue weighted by Gasteiger charge is 2.58. The number of esters is 2. The molecule has 1 aliphatic rings. The van der Waals surface area contributed by atoms with Crippen LogP contribution in [-0.2, 0) is 30.3 Å². The van der Waals surface area contributed by atoms with E-state index in [1.807, 2.05) is 0 Å². The average Bonchev–Trinajstić information content (AvgIpc) is 3.17. The molecule has 16 heteroatoms. The van der Waals surface area contributed by atoms with Gasteiger partial charge in [0.1, 0.15) is 12.1 Å². The van der Waals surface area contributed by atoms with Gasteiger partial charge in [0.15, 0.2) is 18.0 Å². The highest BCUT2D eigenvalue weighted by molar-refractivity contribution is 5.72. The van der Waals surface area contributed by atoms with E-state index in [9.17, 15) is 36.3 Å². The summed E-state index contributed by atoms with van der Waals surface area (Å²) in [4.78, 5) is 43.4. The minimum atomic E-state index is -5.95. The molecule has 0 bridgehead atoms. The molecule has 3 atom stereocenters. The van der Waals surface area contributed by atoms with Gasteiger partial charge in [-0.3, -0.25) is 14.2 Å². The first-order chi connectivity index (χ1) is 15.2. The SMILES string of the molecule is CCC(=O)O[C@H]1C[C@@H](OC(C)=O)[C@H](n2c(=O)n(CC(F)(F)C(F)(F)F)c3cnc(N)nc32)O1. The zero-order valence-corrected chi connectivity index (χ0v) is 17.1. The molecule has 3 heterocycles. The number of nitrogens with zero attached hydrogens (tertiary/aromatic N) is 4. The van der Waals surface area contributed by atoms with E-state index in [0.717, 1.165) is 13.1 Å². The first kappa shape index (κ1) is 24.3. The van der Waals surface area contributed by atoms with Crippen LogP contribution in [0.4, 0.5) is 27.9 Å². The molecule has 0 unspecified atom stereocenters. The number of fused-ring (bicyclic) bond motifs is 1. The van der Waals surface area contributed by atoms with Gasteiger partial charge < -0.3 is 19.9 Å². The Morgan fingerprint density at radius 3 is 2.52 bits per heavy atom. The molecule has 1 fully saturated rings. The quantitative estimate of drug-likeness (QED) is 0.478. The van der Waals surface area contributed by atoms with Crippen LogP contribution in [0.3, 0.4) is 0 Å². The molecule has 0 amide bonds. The first-order valence-corrected chi connectivity index (χ1v) is 9.45. The van der Waals surface area contributed by atoms with E-state index in [2.05, 4.69) is 9.97 Å². The fraction of sp³-hybridized carbons (Fsp3) is 0.588. The predicted octanol–water partition coefficient (Wildman–Crippen LogP) is 1.50. The number of hydrogen-bond acceptors (Lipinski definition) is 9. The molecule has 2 aromatic heterocycles. The maximum absolute atomic E-state index is 13.8. The van der Waals surface area contributed by atoms with Gasteiger partial charge in [0.25, 0.3) is 0 Å². The molecule has 0 radical (unpaired) electrons. The second kappa shape index (κ2) is 8.57. The monoisotopic (exact) mass is 483 g/mol. The lowest BCUT2D eigenvalue weighted by Gasteiger charge is -2.20. The number of halogens is 5. The zero-order valence-electron chi connectivity index (χ0n) is 17.1. The van der Waals surface area contributed by atoms with E-state index < -0.39 is 72.0 Å². The molecule has 2 aromatic rings. The minimum absolute atomic E-state index is 0.0295. The highest BCUT2D eigenvalue weighted by atomic mass is 19.4. The normalized spacial score (nSPS) is 21.4. The maximum atomic E-state index is 13.8. The van der Waals surface area contributed by atoms with Gasteiger partial charge in [-0.05, 0) is 0 Å². The Balaban J connectivity index is 2.13. The number of nitrogens with two attached hydrogens (primary N) is 1. The Kier molecular flexibility index (Phi) is 6.32. The van der Waals surface area contributed by atoms with E-state index in [-0.39, 0.29) is 17.4 Å². The third-order valence-electron chi connectivity index (χ3n) is 4.65. The third-order valence-corrected chi connectivity index (χ3v) is 4.65. The van der Waals surface area contributed by atoms with Crippen LogP contribution in [0.5, 0.6) is 0 Å². The van der Waals surface area contributed by atoms with E-state index in [1.165, 1.54) is 6.92 Å². The number of aromatic nitrogens is 4. The van der Waals surface area contributed by atoms with Crippen LogP contribution in [0.25, 0.3) is 11.2 Å². The summed E-state index contributed by atoms with van der Waals surface area (Å²) in [5, 5.41) is 0. The van der Waals surface area contributed by atoms with Gasteiger partial charge in [-0.2, -0.15) is 26.9 Å². The molecule has 0 aromatic carbocycles. The number of alkyl halides is 5. The Morgan fingerprint density at radius 2 is 1.94 bits per heavy atom. The zero-order chi connectivity index (χ0) is 24.7. The van der Waals surface area contributed by atoms with Crippen LogP contribution in [0.15, 0.2) is 11.0 Å². The number of ether oxygens (including phenoxy) is 3. The largest absolute Gasteiger partial charge is 0.457 e. The van der Waals surface area contributed by atoms with Crippen LogP contribution >= 0.6 is 0 Å². The van der Waals surface area contributed by atoms with Crippen LogP contribution in [0.2, 0.25) is 0 Å². The molecular weight excluding hydrogens is 465 g/mol. The first-order valence-electron chi connectivity index (χ1n) is 9.45. The lowest BCUT2D eigenvalue weighted by atomic mass is 10.2. The molecule has 2 N–H and O–H groups in total. The fourth-order valence-corrected chi connectivity index (χ4v) is 3.20. The molecule has 0 saturated carbocycles. The van der Waals surface area contributed by atoms with E-state index in [4.69, 9.17) is 19.9 Å². The average molecular weight is 483 g/mol. The van der Waals surface area contributed by atoms with Crippen LogP contribution in [0, 0.1) is 0 Å². The van der Waals surface area contributed by atoms with Crippen molar-refractivity contribution in [3.63, 3.8) is 0 Å². The van der Waals surface area contributed by atoms with E-state index in [1.54, 1.807) is 0 Å². The van der Waals surface area contributed by atoms with Crippen molar-refractivity contribution in [1.82, 2.24) is 19.1 Å². The lowest BCUT2D eigenvalue weighted by Crippen LogP contribution is -2.43. The lowest BCUT2D eigenvalue weighted by molar-refractivity contribution is -0.286. The molecule has 11 nitrogen and oxygen atoms in total. The van der Waals surface area contributed by atoms with E-state index in [0.29, 0.717) is 4.57 Å². The number of carbonyl (C=O) groups excluding carboxylic acids is 2. The number of hydrogen-bond donors (Lipinski definition) is 1. The standard InChI is InChI=1S/C17H18F5N5O6/c1-3-10(29)32-11-4-9(31-7(2)28)13(33-11)27-12-8(5-24-14(23)25-12)26(15(27)30)6-16(18,19)17(20,21)22/h5,9,11,13H,3-4,6H2,1-2H3,(H2,23,24,25)/t9-,11-,13-/m1/s1. The van der Waals surface area contributed by atoms with Gasteiger partial charge in [0.2, 0.25) is 12.2 Å². The second-order valence-electron chi connectivity index (χ2n) is 7.06. The van der Waals surface area contributed by atoms with E-state index >= 15 is 0 Å². The van der Waals surface area contributed by atoms with Crippen LogP contribution in [0.1, 0.15) is 32.9 Å². The maximum Gasteiger partial charge on any atom is 0.455 e. The van der Waals surface area contributed by atoms with Gasteiger partial charge in [0, 0.05) is 13.3 Å². The fourth-order valence-electron chi connectivity index (χ4n) is 3.20. The number of nitrogen functional groups attached to an aromatic ring is 1. The number of anilines is 1. The second-order valence-corrected chi connectivity index (χ2v) is 7.06. The number of imidazole rings is 1.